The van der Waals surface area contributed by atoms with E-state index < -0.39 is 11.8 Å². The zero-order chi connectivity index (χ0) is 17.0. The fourth-order valence-corrected chi connectivity index (χ4v) is 2.10. The molecule has 2 aromatic rings. The Kier molecular flexibility index (Phi) is 5.13. The lowest BCUT2D eigenvalue weighted by Gasteiger charge is -2.10. The highest BCUT2D eigenvalue weighted by atomic mass is 35.5. The molecular formula is C17H15ClN2O3. The maximum absolute atomic E-state index is 12.0. The van der Waals surface area contributed by atoms with Crippen LogP contribution in [0.1, 0.15) is 22.8 Å². The summed E-state index contributed by atoms with van der Waals surface area (Å²) >= 11 is 5.97. The molecule has 2 aromatic carbocycles. The molecule has 0 aliphatic heterocycles. The normalized spacial score (nSPS) is 10.0. The lowest BCUT2D eigenvalue weighted by molar-refractivity contribution is -0.133. The molecule has 23 heavy (non-hydrogen) atoms. The van der Waals surface area contributed by atoms with E-state index in [4.69, 9.17) is 11.6 Å². The summed E-state index contributed by atoms with van der Waals surface area (Å²) in [4.78, 5) is 35.2. The summed E-state index contributed by atoms with van der Waals surface area (Å²) in [5.41, 5.74) is 1.97. The van der Waals surface area contributed by atoms with E-state index in [0.29, 0.717) is 27.5 Å². The van der Waals surface area contributed by atoms with Crippen molar-refractivity contribution in [2.24, 2.45) is 0 Å². The van der Waals surface area contributed by atoms with Crippen molar-refractivity contribution in [2.45, 2.75) is 13.8 Å². The molecule has 0 unspecified atom stereocenters. The van der Waals surface area contributed by atoms with E-state index in [2.05, 4.69) is 10.6 Å². The lowest BCUT2D eigenvalue weighted by atomic mass is 10.1. The van der Waals surface area contributed by atoms with Crippen LogP contribution in [0, 0.1) is 6.92 Å². The van der Waals surface area contributed by atoms with Crippen LogP contribution >= 0.6 is 11.6 Å². The van der Waals surface area contributed by atoms with Gasteiger partial charge in [0.05, 0.1) is 0 Å². The van der Waals surface area contributed by atoms with Gasteiger partial charge in [-0.25, -0.2) is 0 Å². The molecule has 0 radical (unpaired) electrons. The van der Waals surface area contributed by atoms with Crippen LogP contribution in [-0.4, -0.2) is 17.6 Å². The Balaban J connectivity index is 2.08. The molecule has 2 amide bonds. The summed E-state index contributed by atoms with van der Waals surface area (Å²) < 4.78 is 0. The van der Waals surface area contributed by atoms with E-state index >= 15 is 0 Å². The van der Waals surface area contributed by atoms with Crippen molar-refractivity contribution in [3.63, 3.8) is 0 Å². The molecule has 5 nitrogen and oxygen atoms in total. The van der Waals surface area contributed by atoms with Crippen molar-refractivity contribution < 1.29 is 14.4 Å². The zero-order valence-electron chi connectivity index (χ0n) is 12.6. The molecule has 0 spiro atoms. The standard InChI is InChI=1S/C17H15ClN2O3/c1-10-14(18)7-4-8-15(10)20-17(23)16(22)19-13-6-3-5-12(9-13)11(2)21/h3-9H,1-2H3,(H,19,22)(H,20,23). The molecule has 0 atom stereocenters. The van der Waals surface area contributed by atoms with Gasteiger partial charge >= 0.3 is 11.8 Å². The van der Waals surface area contributed by atoms with Gasteiger partial charge in [-0.2, -0.15) is 0 Å². The Morgan fingerprint density at radius 2 is 1.61 bits per heavy atom. The van der Waals surface area contributed by atoms with Crippen molar-refractivity contribution in [1.82, 2.24) is 0 Å². The molecule has 0 aliphatic carbocycles. The molecule has 6 heteroatoms. The van der Waals surface area contributed by atoms with Crippen LogP contribution in [0.4, 0.5) is 11.4 Å². The number of carbonyl (C=O) groups excluding carboxylic acids is 3. The molecule has 0 aliphatic rings. The van der Waals surface area contributed by atoms with E-state index in [1.807, 2.05) is 0 Å². The molecule has 0 saturated heterocycles. The number of hydrogen-bond donors (Lipinski definition) is 2. The quantitative estimate of drug-likeness (QED) is 0.668. The third-order valence-electron chi connectivity index (χ3n) is 3.25. The summed E-state index contributed by atoms with van der Waals surface area (Å²) in [6.45, 7) is 3.17. The molecule has 0 heterocycles. The number of benzene rings is 2. The van der Waals surface area contributed by atoms with Crippen LogP contribution < -0.4 is 10.6 Å². The van der Waals surface area contributed by atoms with E-state index in [1.54, 1.807) is 43.3 Å². The zero-order valence-corrected chi connectivity index (χ0v) is 13.4. The smallest absolute Gasteiger partial charge is 0.314 e. The maximum Gasteiger partial charge on any atom is 0.314 e. The minimum Gasteiger partial charge on any atom is -0.318 e. The van der Waals surface area contributed by atoms with E-state index in [9.17, 15) is 14.4 Å². The molecule has 2 rings (SSSR count). The summed E-state index contributed by atoms with van der Waals surface area (Å²) in [6, 6.07) is 11.4. The van der Waals surface area contributed by atoms with Gasteiger partial charge in [-0.15, -0.1) is 0 Å². The van der Waals surface area contributed by atoms with Crippen LogP contribution in [0.25, 0.3) is 0 Å². The second kappa shape index (κ2) is 7.07. The van der Waals surface area contributed by atoms with Gasteiger partial charge in [0.1, 0.15) is 0 Å². The predicted molar refractivity (Wildman–Crippen MR) is 89.9 cm³/mol. The first-order valence-corrected chi connectivity index (χ1v) is 7.24. The SMILES string of the molecule is CC(=O)c1cccc(NC(=O)C(=O)Nc2cccc(Cl)c2C)c1. The Labute approximate surface area is 138 Å². The molecule has 0 fully saturated rings. The fraction of sp³-hybridized carbons (Fsp3) is 0.118. The maximum atomic E-state index is 12.0. The van der Waals surface area contributed by atoms with Crippen molar-refractivity contribution >= 4 is 40.6 Å². The third kappa shape index (κ3) is 4.17. The average Bonchev–Trinajstić information content (AvgIpc) is 2.52. The number of ketones is 1. The summed E-state index contributed by atoms with van der Waals surface area (Å²) in [5.74, 6) is -1.77. The van der Waals surface area contributed by atoms with Crippen molar-refractivity contribution in [3.05, 3.63) is 58.6 Å². The Morgan fingerprint density at radius 1 is 0.957 bits per heavy atom. The topological polar surface area (TPSA) is 75.3 Å². The predicted octanol–water partition coefficient (Wildman–Crippen LogP) is 3.43. The van der Waals surface area contributed by atoms with Crippen molar-refractivity contribution in [3.8, 4) is 0 Å². The molecule has 2 N–H and O–H groups in total. The Bertz CT molecular complexity index is 787. The van der Waals surface area contributed by atoms with Gasteiger partial charge in [-0.05, 0) is 43.7 Å². The first kappa shape index (κ1) is 16.7. The minimum atomic E-state index is -0.829. The van der Waals surface area contributed by atoms with Gasteiger partial charge in [0.15, 0.2) is 5.78 Å². The number of halogens is 1. The van der Waals surface area contributed by atoms with Crippen LogP contribution in [0.3, 0.4) is 0 Å². The first-order valence-electron chi connectivity index (χ1n) is 6.87. The monoisotopic (exact) mass is 330 g/mol. The number of nitrogens with one attached hydrogen (secondary N) is 2. The van der Waals surface area contributed by atoms with Gasteiger partial charge in [0, 0.05) is 22.0 Å². The van der Waals surface area contributed by atoms with E-state index in [1.165, 1.54) is 13.0 Å². The van der Waals surface area contributed by atoms with Crippen molar-refractivity contribution in [2.75, 3.05) is 10.6 Å². The fourth-order valence-electron chi connectivity index (χ4n) is 1.93. The van der Waals surface area contributed by atoms with E-state index in [0.717, 1.165) is 0 Å². The molecule has 0 bridgehead atoms. The largest absolute Gasteiger partial charge is 0.318 e. The third-order valence-corrected chi connectivity index (χ3v) is 3.66. The van der Waals surface area contributed by atoms with E-state index in [-0.39, 0.29) is 5.78 Å². The number of Topliss-reactive ketones (excluding diaryl/α,β-unsaturated/α-hetero) is 1. The van der Waals surface area contributed by atoms with Crippen LogP contribution in [0.15, 0.2) is 42.5 Å². The number of hydrogen-bond acceptors (Lipinski definition) is 3. The number of rotatable bonds is 3. The molecule has 118 valence electrons. The average molecular weight is 331 g/mol. The van der Waals surface area contributed by atoms with Crippen molar-refractivity contribution in [1.29, 1.82) is 0 Å². The highest BCUT2D eigenvalue weighted by molar-refractivity contribution is 6.44. The van der Waals surface area contributed by atoms with Gasteiger partial charge in [-0.3, -0.25) is 14.4 Å². The van der Waals surface area contributed by atoms with Crippen LogP contribution in [0.2, 0.25) is 5.02 Å². The molecule has 0 aromatic heterocycles. The highest BCUT2D eigenvalue weighted by Gasteiger charge is 2.16. The van der Waals surface area contributed by atoms with Crippen LogP contribution in [-0.2, 0) is 9.59 Å². The number of carbonyl (C=O) groups is 3. The second-order valence-electron chi connectivity index (χ2n) is 4.96. The summed E-state index contributed by atoms with van der Waals surface area (Å²) in [6.07, 6.45) is 0. The summed E-state index contributed by atoms with van der Waals surface area (Å²) in [5, 5.41) is 5.46. The first-order chi connectivity index (χ1) is 10.9. The van der Waals surface area contributed by atoms with Crippen LogP contribution in [0.5, 0.6) is 0 Å². The number of anilines is 2. The van der Waals surface area contributed by atoms with Gasteiger partial charge in [-0.1, -0.05) is 29.8 Å². The van der Waals surface area contributed by atoms with Gasteiger partial charge < -0.3 is 10.6 Å². The van der Waals surface area contributed by atoms with Gasteiger partial charge in [0.2, 0.25) is 0 Å². The Morgan fingerprint density at radius 3 is 2.30 bits per heavy atom. The Hall–Kier alpha value is -2.66. The molecular weight excluding hydrogens is 316 g/mol. The lowest BCUT2D eigenvalue weighted by Crippen LogP contribution is -2.29. The van der Waals surface area contributed by atoms with Gasteiger partial charge in [0.25, 0.3) is 0 Å². The second-order valence-corrected chi connectivity index (χ2v) is 5.36. The number of amides is 2. The summed E-state index contributed by atoms with van der Waals surface area (Å²) in [7, 11) is 0. The highest BCUT2D eigenvalue weighted by Crippen LogP contribution is 2.22. The molecule has 0 saturated carbocycles. The minimum absolute atomic E-state index is 0.125.